The van der Waals surface area contributed by atoms with E-state index >= 15 is 0 Å². The van der Waals surface area contributed by atoms with Gasteiger partial charge in [-0.2, -0.15) is 0 Å². The van der Waals surface area contributed by atoms with Gasteiger partial charge in [0.1, 0.15) is 6.10 Å². The van der Waals surface area contributed by atoms with Crippen LogP contribution in [0.1, 0.15) is 31.2 Å². The van der Waals surface area contributed by atoms with Crippen molar-refractivity contribution in [3.05, 3.63) is 29.6 Å². The molecule has 2 fully saturated rings. The van der Waals surface area contributed by atoms with Gasteiger partial charge < -0.3 is 14.2 Å². The second-order valence-electron chi connectivity index (χ2n) is 5.74. The van der Waals surface area contributed by atoms with Gasteiger partial charge >= 0.3 is 0 Å². The molecule has 21 heavy (non-hydrogen) atoms. The van der Waals surface area contributed by atoms with E-state index < -0.39 is 0 Å². The summed E-state index contributed by atoms with van der Waals surface area (Å²) in [7, 11) is 0. The Morgan fingerprint density at radius 3 is 2.86 bits per heavy atom. The van der Waals surface area contributed by atoms with Crippen molar-refractivity contribution in [1.82, 2.24) is 0 Å². The lowest BCUT2D eigenvalue weighted by molar-refractivity contribution is -0.156. The Bertz CT molecular complexity index is 483. The van der Waals surface area contributed by atoms with Gasteiger partial charge in [0.2, 0.25) is 0 Å². The molecule has 1 aromatic rings. The third-order valence-electron chi connectivity index (χ3n) is 4.33. The molecule has 3 rings (SSSR count). The summed E-state index contributed by atoms with van der Waals surface area (Å²) in [6, 6.07) is 5.05. The summed E-state index contributed by atoms with van der Waals surface area (Å²) in [5, 5.41) is 0.586. The van der Waals surface area contributed by atoms with E-state index in [0.717, 1.165) is 44.5 Å². The van der Waals surface area contributed by atoms with E-state index in [9.17, 15) is 4.39 Å². The minimum Gasteiger partial charge on any atom is -0.487 e. The Morgan fingerprint density at radius 1 is 1.29 bits per heavy atom. The monoisotopic (exact) mass is 358 g/mol. The Kier molecular flexibility index (Phi) is 4.82. The highest BCUT2D eigenvalue weighted by molar-refractivity contribution is 9.08. The van der Waals surface area contributed by atoms with Crippen LogP contribution in [0.4, 0.5) is 4.39 Å². The SMILES string of the molecule is Fc1cccc(CBr)c1OC1CCOC2(CCOCC2)C1. The molecule has 0 saturated carbocycles. The van der Waals surface area contributed by atoms with Gasteiger partial charge in [-0.15, -0.1) is 0 Å². The zero-order valence-electron chi connectivity index (χ0n) is 11.9. The van der Waals surface area contributed by atoms with Crippen LogP contribution >= 0.6 is 15.9 Å². The molecule has 2 heterocycles. The molecule has 1 unspecified atom stereocenters. The molecule has 116 valence electrons. The third-order valence-corrected chi connectivity index (χ3v) is 4.93. The van der Waals surface area contributed by atoms with Crippen LogP contribution in [0.5, 0.6) is 5.75 Å². The van der Waals surface area contributed by atoms with E-state index in [0.29, 0.717) is 17.7 Å². The molecule has 0 aliphatic carbocycles. The van der Waals surface area contributed by atoms with Crippen LogP contribution in [-0.4, -0.2) is 31.5 Å². The van der Waals surface area contributed by atoms with Crippen LogP contribution in [-0.2, 0) is 14.8 Å². The first kappa shape index (κ1) is 15.3. The number of alkyl halides is 1. The summed E-state index contributed by atoms with van der Waals surface area (Å²) < 4.78 is 31.5. The highest BCUT2D eigenvalue weighted by atomic mass is 79.9. The van der Waals surface area contributed by atoms with Gasteiger partial charge in [0, 0.05) is 36.9 Å². The Balaban J connectivity index is 1.73. The van der Waals surface area contributed by atoms with Crippen LogP contribution in [0.15, 0.2) is 18.2 Å². The van der Waals surface area contributed by atoms with E-state index in [1.165, 1.54) is 6.07 Å². The third kappa shape index (κ3) is 3.41. The van der Waals surface area contributed by atoms with Gasteiger partial charge in [-0.25, -0.2) is 4.39 Å². The molecule has 1 atom stereocenters. The molecule has 5 heteroatoms. The fourth-order valence-electron chi connectivity index (χ4n) is 3.13. The van der Waals surface area contributed by atoms with Crippen molar-refractivity contribution < 1.29 is 18.6 Å². The average Bonchev–Trinajstić information content (AvgIpc) is 2.50. The largest absolute Gasteiger partial charge is 0.487 e. The lowest BCUT2D eigenvalue weighted by Crippen LogP contribution is -2.47. The molecule has 2 aliphatic rings. The maximum absolute atomic E-state index is 14.0. The Labute approximate surface area is 132 Å². The van der Waals surface area contributed by atoms with E-state index in [1.54, 1.807) is 6.07 Å². The molecule has 1 spiro atoms. The van der Waals surface area contributed by atoms with Crippen LogP contribution in [0.25, 0.3) is 0 Å². The van der Waals surface area contributed by atoms with Crippen molar-refractivity contribution in [2.24, 2.45) is 0 Å². The van der Waals surface area contributed by atoms with Crippen molar-refractivity contribution in [3.63, 3.8) is 0 Å². The summed E-state index contributed by atoms with van der Waals surface area (Å²) in [4.78, 5) is 0. The van der Waals surface area contributed by atoms with Crippen LogP contribution < -0.4 is 4.74 Å². The van der Waals surface area contributed by atoms with Gasteiger partial charge in [-0.05, 0) is 18.9 Å². The van der Waals surface area contributed by atoms with E-state index in [2.05, 4.69) is 15.9 Å². The maximum atomic E-state index is 14.0. The number of rotatable bonds is 3. The van der Waals surface area contributed by atoms with Gasteiger partial charge in [0.15, 0.2) is 11.6 Å². The predicted octanol–water partition coefficient (Wildman–Crippen LogP) is 3.83. The van der Waals surface area contributed by atoms with Gasteiger partial charge in [-0.3, -0.25) is 0 Å². The molecule has 0 amide bonds. The minimum absolute atomic E-state index is 0.00606. The normalized spacial score (nSPS) is 25.0. The zero-order chi connectivity index (χ0) is 14.7. The maximum Gasteiger partial charge on any atom is 0.165 e. The summed E-state index contributed by atoms with van der Waals surface area (Å²) in [5.74, 6) is 0.0861. The highest BCUT2D eigenvalue weighted by Crippen LogP contribution is 2.37. The quantitative estimate of drug-likeness (QED) is 0.768. The molecule has 2 saturated heterocycles. The summed E-state index contributed by atoms with van der Waals surface area (Å²) in [6.07, 6.45) is 3.42. The molecule has 0 bridgehead atoms. The van der Waals surface area contributed by atoms with Crippen LogP contribution in [0.2, 0.25) is 0 Å². The van der Waals surface area contributed by atoms with Crippen molar-refractivity contribution >= 4 is 15.9 Å². The van der Waals surface area contributed by atoms with Crippen molar-refractivity contribution in [2.75, 3.05) is 19.8 Å². The highest BCUT2D eigenvalue weighted by Gasteiger charge is 2.40. The first-order valence-corrected chi connectivity index (χ1v) is 8.56. The minimum atomic E-state index is -0.292. The fraction of sp³-hybridized carbons (Fsp3) is 0.625. The molecular formula is C16H20BrFO3. The number of hydrogen-bond donors (Lipinski definition) is 0. The van der Waals surface area contributed by atoms with Gasteiger partial charge in [0.25, 0.3) is 0 Å². The van der Waals surface area contributed by atoms with E-state index in [-0.39, 0.29) is 17.5 Å². The lowest BCUT2D eigenvalue weighted by atomic mass is 9.85. The first-order chi connectivity index (χ1) is 10.2. The second kappa shape index (κ2) is 6.63. The Hall–Kier alpha value is -0.650. The molecule has 0 radical (unpaired) electrons. The number of benzene rings is 1. The molecule has 2 aliphatic heterocycles. The van der Waals surface area contributed by atoms with Crippen molar-refractivity contribution in [2.45, 2.75) is 42.7 Å². The van der Waals surface area contributed by atoms with Crippen LogP contribution in [0.3, 0.4) is 0 Å². The Morgan fingerprint density at radius 2 is 2.10 bits per heavy atom. The standard InChI is InChI=1S/C16H20BrFO3/c17-11-12-2-1-3-14(18)15(12)21-13-4-7-20-16(10-13)5-8-19-9-6-16/h1-3,13H,4-11H2. The van der Waals surface area contributed by atoms with E-state index in [4.69, 9.17) is 14.2 Å². The summed E-state index contributed by atoms with van der Waals surface area (Å²) in [5.41, 5.74) is 0.712. The second-order valence-corrected chi connectivity index (χ2v) is 6.30. The molecule has 3 nitrogen and oxygen atoms in total. The van der Waals surface area contributed by atoms with Crippen molar-refractivity contribution in [3.8, 4) is 5.75 Å². The van der Waals surface area contributed by atoms with E-state index in [1.807, 2.05) is 6.07 Å². The molecule has 0 N–H and O–H groups in total. The lowest BCUT2D eigenvalue weighted by Gasteiger charge is -2.43. The fourth-order valence-corrected chi connectivity index (χ4v) is 3.57. The number of ether oxygens (including phenoxy) is 3. The van der Waals surface area contributed by atoms with Crippen molar-refractivity contribution in [1.29, 1.82) is 0 Å². The van der Waals surface area contributed by atoms with Gasteiger partial charge in [0.05, 0.1) is 12.2 Å². The molecule has 1 aromatic carbocycles. The number of para-hydroxylation sites is 1. The first-order valence-electron chi connectivity index (χ1n) is 7.44. The number of halogens is 2. The number of hydrogen-bond acceptors (Lipinski definition) is 3. The zero-order valence-corrected chi connectivity index (χ0v) is 13.5. The summed E-state index contributed by atoms with van der Waals surface area (Å²) >= 11 is 3.39. The summed E-state index contributed by atoms with van der Waals surface area (Å²) in [6.45, 7) is 2.14. The predicted molar refractivity (Wildman–Crippen MR) is 81.4 cm³/mol. The average molecular weight is 359 g/mol. The molecular weight excluding hydrogens is 339 g/mol. The van der Waals surface area contributed by atoms with Gasteiger partial charge in [-0.1, -0.05) is 28.1 Å². The topological polar surface area (TPSA) is 27.7 Å². The molecule has 0 aromatic heterocycles. The van der Waals surface area contributed by atoms with Crippen LogP contribution in [0, 0.1) is 5.82 Å². The smallest absolute Gasteiger partial charge is 0.165 e.